The monoisotopic (exact) mass is 839 g/mol. The first kappa shape index (κ1) is 53.7. The number of nitrogens with zero attached hydrogens (tertiary/aromatic N) is 3. The second kappa shape index (κ2) is 29.8. The lowest BCUT2D eigenvalue weighted by atomic mass is 10.1. The van der Waals surface area contributed by atoms with Crippen LogP contribution in [0.1, 0.15) is 60.5 Å². The summed E-state index contributed by atoms with van der Waals surface area (Å²) < 4.78 is 34.4. The third kappa shape index (κ3) is 20.8. The lowest BCUT2D eigenvalue weighted by Gasteiger charge is -2.29. The number of likely N-dealkylation sites (N-methyl/N-ethyl adjacent to an activating group) is 1. The molecule has 0 saturated heterocycles. The van der Waals surface area contributed by atoms with Crippen molar-refractivity contribution in [3.63, 3.8) is 0 Å². The Morgan fingerprint density at radius 1 is 0.966 bits per heavy atom. The van der Waals surface area contributed by atoms with Gasteiger partial charge < -0.3 is 34.9 Å². The number of nitrogens with one attached hydrogen (secondary N) is 3. The zero-order chi connectivity index (χ0) is 45.0. The molecule has 1 aromatic carbocycles. The Bertz CT molecular complexity index is 1770. The molecule has 16 heteroatoms. The van der Waals surface area contributed by atoms with Gasteiger partial charge in [-0.3, -0.25) is 18.9 Å². The van der Waals surface area contributed by atoms with Gasteiger partial charge in [0.1, 0.15) is 24.4 Å². The molecule has 5 N–H and O–H groups in total. The van der Waals surface area contributed by atoms with Crippen LogP contribution in [-0.2, 0) is 39.6 Å². The number of ether oxygens (including phenoxy) is 4. The van der Waals surface area contributed by atoms with Gasteiger partial charge in [-0.15, -0.1) is 0 Å². The summed E-state index contributed by atoms with van der Waals surface area (Å²) in [6.45, 7) is 29.8. The highest BCUT2D eigenvalue weighted by atomic mass is 31.2. The molecule has 59 heavy (non-hydrogen) atoms. The van der Waals surface area contributed by atoms with E-state index in [1.54, 1.807) is 32.9 Å². The highest BCUT2D eigenvalue weighted by Gasteiger charge is 2.36. The molecule has 15 nitrogen and oxygen atoms in total. The minimum Gasteiger partial charge on any atom is -0.465 e. The van der Waals surface area contributed by atoms with E-state index in [1.165, 1.54) is 17.7 Å². The molecule has 1 amide bonds. The van der Waals surface area contributed by atoms with Crippen LogP contribution in [0.25, 0.3) is 0 Å². The van der Waals surface area contributed by atoms with Crippen molar-refractivity contribution >= 4 is 42.6 Å². The number of rotatable bonds is 19. The number of hydrogen-bond donors (Lipinski definition) is 4. The normalized spacial score (nSPS) is 13.3. The van der Waals surface area contributed by atoms with E-state index < -0.39 is 31.5 Å². The van der Waals surface area contributed by atoms with E-state index in [-0.39, 0.29) is 55.6 Å². The zero-order valence-corrected chi connectivity index (χ0v) is 37.2. The zero-order valence-electron chi connectivity index (χ0n) is 36.3. The van der Waals surface area contributed by atoms with Gasteiger partial charge >= 0.3 is 17.9 Å². The maximum absolute atomic E-state index is 14.0. The van der Waals surface area contributed by atoms with E-state index >= 15 is 0 Å². The van der Waals surface area contributed by atoms with Crippen LogP contribution in [-0.4, -0.2) is 87.0 Å². The molecule has 3 unspecified atom stereocenters. The second-order valence-corrected chi connectivity index (χ2v) is 15.1. The molecular formula is C43H66N7O8P. The van der Waals surface area contributed by atoms with E-state index in [1.807, 2.05) is 63.3 Å². The van der Waals surface area contributed by atoms with Crippen molar-refractivity contribution in [2.24, 2.45) is 0 Å². The molecule has 1 aliphatic rings. The largest absolute Gasteiger partial charge is 0.465 e. The van der Waals surface area contributed by atoms with Crippen molar-refractivity contribution in [2.45, 2.75) is 73.4 Å². The number of fused-ring (bicyclic) bond motifs is 1. The van der Waals surface area contributed by atoms with Crippen LogP contribution in [0.15, 0.2) is 103 Å². The molecule has 0 spiro atoms. The van der Waals surface area contributed by atoms with Crippen LogP contribution in [0, 0.1) is 0 Å². The summed E-state index contributed by atoms with van der Waals surface area (Å²) in [4.78, 5) is 46.5. The number of allylic oxidation sites excluding steroid dienone is 7. The number of esters is 2. The summed E-state index contributed by atoms with van der Waals surface area (Å²) in [5.41, 5.74) is 8.97. The Labute approximate surface area is 351 Å². The van der Waals surface area contributed by atoms with Gasteiger partial charge in [0.2, 0.25) is 13.4 Å². The molecule has 3 rings (SSSR count). The number of benzene rings is 1. The first-order valence-electron chi connectivity index (χ1n) is 19.1. The van der Waals surface area contributed by atoms with Gasteiger partial charge in [0.15, 0.2) is 11.6 Å². The number of hydrogen-bond acceptors (Lipinski definition) is 12. The minimum atomic E-state index is -3.77. The molecule has 1 aliphatic heterocycles. The van der Waals surface area contributed by atoms with Crippen molar-refractivity contribution in [1.82, 2.24) is 20.1 Å². The molecule has 2 heterocycles. The van der Waals surface area contributed by atoms with Crippen molar-refractivity contribution < 1.29 is 37.9 Å². The minimum absolute atomic E-state index is 0.110. The fraction of sp³-hybridized carbons (Fsp3) is 0.419. The molecule has 3 atom stereocenters. The van der Waals surface area contributed by atoms with Crippen molar-refractivity contribution in [3.05, 3.63) is 109 Å². The molecular weight excluding hydrogens is 773 g/mol. The van der Waals surface area contributed by atoms with Gasteiger partial charge in [0.05, 0.1) is 26.4 Å². The lowest BCUT2D eigenvalue weighted by Crippen LogP contribution is -2.45. The van der Waals surface area contributed by atoms with Crippen LogP contribution in [0.2, 0.25) is 0 Å². The maximum Gasteiger partial charge on any atom is 0.323 e. The number of amides is 1. The first-order valence-corrected chi connectivity index (χ1v) is 20.8. The molecule has 0 radical (unpaired) electrons. The first-order chi connectivity index (χ1) is 28.0. The van der Waals surface area contributed by atoms with Gasteiger partial charge in [-0.05, 0) is 66.9 Å². The van der Waals surface area contributed by atoms with Gasteiger partial charge in [-0.1, -0.05) is 98.2 Å². The number of anilines is 3. The van der Waals surface area contributed by atoms with Crippen molar-refractivity contribution in [1.29, 1.82) is 0 Å². The topological polar surface area (TPSA) is 196 Å². The van der Waals surface area contributed by atoms with Gasteiger partial charge in [-0.2, -0.15) is 9.97 Å². The third-order valence-corrected chi connectivity index (χ3v) is 10.2. The molecule has 1 aromatic heterocycles. The number of nitrogen functional groups attached to an aromatic ring is 1. The van der Waals surface area contributed by atoms with Gasteiger partial charge in [0.25, 0.3) is 0 Å². The fourth-order valence-corrected chi connectivity index (χ4v) is 6.34. The maximum atomic E-state index is 14.0. The SMILES string of the molecule is C/C=C\C.C=CC(=C)CC(NP(=O)(NC(Cc1ccccc1)C(=O)OCC)C(=C)C=C)C(=O)OCC.CC=C(C)C.COCCOc1nc(N)c2c(n1)N(C)CC(=O)N2. The second-order valence-electron chi connectivity index (χ2n) is 12.8. The van der Waals surface area contributed by atoms with Crippen LogP contribution >= 0.6 is 7.44 Å². The van der Waals surface area contributed by atoms with E-state index in [2.05, 4.69) is 71.7 Å². The predicted octanol–water partition coefficient (Wildman–Crippen LogP) is 7.32. The number of carbonyl (C=O) groups is 3. The summed E-state index contributed by atoms with van der Waals surface area (Å²) in [5, 5.41) is 8.45. The quantitative estimate of drug-likeness (QED) is 0.0361. The van der Waals surface area contributed by atoms with Crippen molar-refractivity contribution in [2.75, 3.05) is 63.1 Å². The van der Waals surface area contributed by atoms with Crippen LogP contribution in [0.5, 0.6) is 6.01 Å². The lowest BCUT2D eigenvalue weighted by molar-refractivity contribution is -0.145. The van der Waals surface area contributed by atoms with E-state index in [0.29, 0.717) is 30.3 Å². The van der Waals surface area contributed by atoms with E-state index in [9.17, 15) is 18.9 Å². The summed E-state index contributed by atoms with van der Waals surface area (Å²) >= 11 is 0. The summed E-state index contributed by atoms with van der Waals surface area (Å²) in [7, 11) is -0.440. The summed E-state index contributed by atoms with van der Waals surface area (Å²) in [6, 6.07) is 7.46. The summed E-state index contributed by atoms with van der Waals surface area (Å²) in [6.07, 6.45) is 9.24. The number of carbonyl (C=O) groups excluding carboxylic acids is 3. The Hall–Kier alpha value is -5.34. The smallest absolute Gasteiger partial charge is 0.323 e. The average molecular weight is 840 g/mol. The molecule has 0 bridgehead atoms. The standard InChI is InChI=1S/C24H33N2O5P.C10H15N5O3.C5H10.C4H8/c1-7-18(5)16-21(23(27)30-9-3)25-32(29,19(6)8-2)26-22(24(28)31-10-4)17-20-14-12-11-13-15-20;1-15-5-6(16)12-7-8(11)13-10(14-9(7)15)18-4-3-17-2;1-4-5(2)3;1-3-4-2/h7-8,11-15,21-22H,1-2,5-6,9-10,16-17H2,3-4H3,(H2,25,26,29);3-5H2,1-2H3,(H,12,16)(H2,11,13,14);4H,1-3H3;3-4H,1-2H3/b;;;4-3-. The highest BCUT2D eigenvalue weighted by Crippen LogP contribution is 2.47. The third-order valence-electron chi connectivity index (χ3n) is 7.83. The number of aromatic nitrogens is 2. The Morgan fingerprint density at radius 3 is 2.02 bits per heavy atom. The van der Waals surface area contributed by atoms with Crippen LogP contribution in [0.3, 0.4) is 0 Å². The summed E-state index contributed by atoms with van der Waals surface area (Å²) in [5.74, 6) is -0.584. The molecule has 0 fully saturated rings. The number of methoxy groups -OCH3 is 1. The predicted molar refractivity (Wildman–Crippen MR) is 239 cm³/mol. The van der Waals surface area contributed by atoms with Crippen LogP contribution < -0.4 is 30.9 Å². The Kier molecular flexibility index (Phi) is 27.1. The van der Waals surface area contributed by atoms with Crippen molar-refractivity contribution in [3.8, 4) is 6.01 Å². The Balaban J connectivity index is 0.00000103. The average Bonchev–Trinajstić information content (AvgIpc) is 3.21. The number of nitrogens with two attached hydrogens (primary N) is 1. The molecule has 0 aliphatic carbocycles. The van der Waals surface area contributed by atoms with E-state index in [4.69, 9.17) is 24.7 Å². The fourth-order valence-electron chi connectivity index (χ4n) is 4.41. The molecule has 0 saturated carbocycles. The van der Waals surface area contributed by atoms with E-state index in [0.717, 1.165) is 5.56 Å². The van der Waals surface area contributed by atoms with Crippen LogP contribution in [0.4, 0.5) is 17.3 Å². The molecule has 326 valence electrons. The Morgan fingerprint density at radius 2 is 1.53 bits per heavy atom. The van der Waals surface area contributed by atoms with Gasteiger partial charge in [0, 0.05) is 19.5 Å². The molecule has 2 aromatic rings. The highest BCUT2D eigenvalue weighted by molar-refractivity contribution is 7.64. The van der Waals surface area contributed by atoms with Gasteiger partial charge in [-0.25, -0.2) is 10.2 Å².